The Hall–Kier alpha value is -3.38. The summed E-state index contributed by atoms with van der Waals surface area (Å²) in [7, 11) is 1.40. The van der Waals surface area contributed by atoms with Crippen molar-refractivity contribution in [2.24, 2.45) is 11.7 Å². The molecular weight excluding hydrogens is 495 g/mol. The Morgan fingerprint density at radius 1 is 1.19 bits per heavy atom. The molecule has 0 radical (unpaired) electrons. The van der Waals surface area contributed by atoms with E-state index in [1.54, 1.807) is 18.2 Å². The Balaban J connectivity index is 1.73. The molecular formula is C24H24F3N5O3S. The monoisotopic (exact) mass is 519 g/mol. The highest BCUT2D eigenvalue weighted by atomic mass is 32.2. The number of methoxy groups -OCH3 is 1. The van der Waals surface area contributed by atoms with E-state index < -0.39 is 29.8 Å². The minimum absolute atomic E-state index is 0.0723. The molecule has 2 atom stereocenters. The van der Waals surface area contributed by atoms with Crippen LogP contribution in [0.3, 0.4) is 0 Å². The van der Waals surface area contributed by atoms with Gasteiger partial charge in [-0.3, -0.25) is 9.59 Å². The molecule has 1 aromatic heterocycles. The number of nitrogens with one attached hydrogen (secondary N) is 1. The number of para-hydroxylation sites is 1. The Bertz CT molecular complexity index is 1250. The van der Waals surface area contributed by atoms with Crippen molar-refractivity contribution in [2.75, 3.05) is 13.7 Å². The summed E-state index contributed by atoms with van der Waals surface area (Å²) in [5, 5.41) is 6.67. The predicted octanol–water partition coefficient (Wildman–Crippen LogP) is 3.51. The van der Waals surface area contributed by atoms with Gasteiger partial charge in [0.25, 0.3) is 5.91 Å². The van der Waals surface area contributed by atoms with E-state index in [0.29, 0.717) is 12.3 Å². The number of carbonyl (C=O) groups excluding carboxylic acids is 2. The number of rotatable bonds is 7. The number of hydrogen-bond donors (Lipinski definition) is 2. The molecule has 1 fully saturated rings. The van der Waals surface area contributed by atoms with Crippen LogP contribution >= 0.6 is 11.8 Å². The number of hydrogen-bond acceptors (Lipinski definition) is 7. The molecule has 12 heteroatoms. The van der Waals surface area contributed by atoms with Crippen molar-refractivity contribution in [3.05, 3.63) is 71.0 Å². The number of halogens is 3. The average molecular weight is 520 g/mol. The van der Waals surface area contributed by atoms with Crippen molar-refractivity contribution in [1.29, 1.82) is 0 Å². The maximum absolute atomic E-state index is 13.8. The molecule has 0 bridgehead atoms. The molecule has 1 aliphatic rings. The smallest absolute Gasteiger partial charge is 0.393 e. The Labute approximate surface area is 209 Å². The second kappa shape index (κ2) is 10.7. The highest BCUT2D eigenvalue weighted by Gasteiger charge is 2.51. The number of alkyl halides is 3. The van der Waals surface area contributed by atoms with Crippen LogP contribution < -0.4 is 15.8 Å². The zero-order valence-corrected chi connectivity index (χ0v) is 20.1. The first-order valence-electron chi connectivity index (χ1n) is 11.1. The molecule has 4 rings (SSSR count). The number of thioether (sulfide) groups is 1. The first kappa shape index (κ1) is 25.7. The number of benzene rings is 2. The quantitative estimate of drug-likeness (QED) is 0.460. The first-order valence-corrected chi connectivity index (χ1v) is 12.1. The van der Waals surface area contributed by atoms with Crippen molar-refractivity contribution in [3.8, 4) is 5.75 Å². The van der Waals surface area contributed by atoms with E-state index in [-0.39, 0.29) is 35.3 Å². The molecule has 0 aliphatic carbocycles. The predicted molar refractivity (Wildman–Crippen MR) is 127 cm³/mol. The third-order valence-electron chi connectivity index (χ3n) is 5.89. The van der Waals surface area contributed by atoms with Crippen molar-refractivity contribution in [3.63, 3.8) is 0 Å². The SMILES string of the molecule is COc1ccccc1C(=O)n1nc(C2C(=O)NCCC2C(F)(F)F)nc1SCc1ccc(CN)cc1. The van der Waals surface area contributed by atoms with E-state index in [1.807, 2.05) is 24.3 Å². The van der Waals surface area contributed by atoms with Gasteiger partial charge in [-0.2, -0.15) is 17.9 Å². The van der Waals surface area contributed by atoms with Crippen LogP contribution in [0.4, 0.5) is 13.2 Å². The molecule has 2 unspecified atom stereocenters. The lowest BCUT2D eigenvalue weighted by Gasteiger charge is -2.30. The summed E-state index contributed by atoms with van der Waals surface area (Å²) >= 11 is 1.13. The lowest BCUT2D eigenvalue weighted by Crippen LogP contribution is -2.46. The number of ether oxygens (including phenoxy) is 1. The molecule has 3 N–H and O–H groups in total. The summed E-state index contributed by atoms with van der Waals surface area (Å²) in [6, 6.07) is 13.9. The highest BCUT2D eigenvalue weighted by molar-refractivity contribution is 7.98. The summed E-state index contributed by atoms with van der Waals surface area (Å²) in [6.07, 6.45) is -4.93. The van der Waals surface area contributed by atoms with E-state index in [4.69, 9.17) is 10.5 Å². The Morgan fingerprint density at radius 2 is 1.89 bits per heavy atom. The topological polar surface area (TPSA) is 112 Å². The van der Waals surface area contributed by atoms with Crippen LogP contribution in [0, 0.1) is 5.92 Å². The standard InChI is InChI=1S/C24H24F3N5O3S/c1-35-18-5-3-2-4-16(18)22(34)32-23(36-13-15-8-6-14(12-28)7-9-15)30-20(31-32)19-17(24(25,26)27)10-11-29-21(19)33/h2-9,17,19H,10-13,28H2,1H3,(H,29,33). The zero-order chi connectivity index (χ0) is 25.9. The van der Waals surface area contributed by atoms with Gasteiger partial charge in [0.1, 0.15) is 11.7 Å². The molecule has 0 saturated carbocycles. The minimum atomic E-state index is -4.63. The maximum Gasteiger partial charge on any atom is 0.393 e. The van der Waals surface area contributed by atoms with Crippen molar-refractivity contribution < 1.29 is 27.5 Å². The van der Waals surface area contributed by atoms with Gasteiger partial charge in [-0.05, 0) is 29.7 Å². The van der Waals surface area contributed by atoms with Gasteiger partial charge >= 0.3 is 6.18 Å². The highest BCUT2D eigenvalue weighted by Crippen LogP contribution is 2.41. The molecule has 190 valence electrons. The lowest BCUT2D eigenvalue weighted by atomic mass is 9.84. The second-order valence-electron chi connectivity index (χ2n) is 8.18. The van der Waals surface area contributed by atoms with Gasteiger partial charge in [-0.25, -0.2) is 4.98 Å². The van der Waals surface area contributed by atoms with Crippen LogP contribution in [-0.4, -0.2) is 46.4 Å². The largest absolute Gasteiger partial charge is 0.496 e. The molecule has 36 heavy (non-hydrogen) atoms. The van der Waals surface area contributed by atoms with Crippen LogP contribution in [0.15, 0.2) is 53.7 Å². The fraction of sp³-hybridized carbons (Fsp3) is 0.333. The van der Waals surface area contributed by atoms with E-state index in [0.717, 1.165) is 27.6 Å². The summed E-state index contributed by atoms with van der Waals surface area (Å²) in [5.74, 6) is -4.78. The van der Waals surface area contributed by atoms with Gasteiger partial charge in [0.2, 0.25) is 5.91 Å². The molecule has 2 aromatic carbocycles. The molecule has 1 amide bonds. The summed E-state index contributed by atoms with van der Waals surface area (Å²) in [5.41, 5.74) is 7.63. The van der Waals surface area contributed by atoms with Crippen LogP contribution in [0.2, 0.25) is 0 Å². The van der Waals surface area contributed by atoms with Gasteiger partial charge in [-0.1, -0.05) is 48.2 Å². The third-order valence-corrected chi connectivity index (χ3v) is 6.89. The van der Waals surface area contributed by atoms with Gasteiger partial charge in [0.05, 0.1) is 18.6 Å². The second-order valence-corrected chi connectivity index (χ2v) is 9.13. The van der Waals surface area contributed by atoms with E-state index >= 15 is 0 Å². The van der Waals surface area contributed by atoms with E-state index in [1.165, 1.54) is 13.2 Å². The molecule has 1 aliphatic heterocycles. The summed E-state index contributed by atoms with van der Waals surface area (Å²) in [4.78, 5) is 30.2. The maximum atomic E-state index is 13.8. The van der Waals surface area contributed by atoms with Gasteiger partial charge < -0.3 is 15.8 Å². The number of piperidine rings is 1. The fourth-order valence-corrected chi connectivity index (χ4v) is 4.88. The van der Waals surface area contributed by atoms with Crippen molar-refractivity contribution >= 4 is 23.6 Å². The van der Waals surface area contributed by atoms with Crippen molar-refractivity contribution in [1.82, 2.24) is 20.1 Å². The Kier molecular flexibility index (Phi) is 7.65. The molecule has 3 aromatic rings. The average Bonchev–Trinajstić information content (AvgIpc) is 3.30. The van der Waals surface area contributed by atoms with Gasteiger partial charge in [-0.15, -0.1) is 5.10 Å². The van der Waals surface area contributed by atoms with E-state index in [9.17, 15) is 22.8 Å². The Morgan fingerprint density at radius 3 is 2.56 bits per heavy atom. The lowest BCUT2D eigenvalue weighted by molar-refractivity contribution is -0.189. The normalized spacial score (nSPS) is 18.1. The number of amides is 1. The summed E-state index contributed by atoms with van der Waals surface area (Å²) in [6.45, 7) is 0.295. The molecule has 0 spiro atoms. The fourth-order valence-electron chi connectivity index (χ4n) is 3.99. The minimum Gasteiger partial charge on any atom is -0.496 e. The number of nitrogens with two attached hydrogens (primary N) is 1. The first-order chi connectivity index (χ1) is 17.2. The number of nitrogens with zero attached hydrogens (tertiary/aromatic N) is 3. The van der Waals surface area contributed by atoms with E-state index in [2.05, 4.69) is 15.4 Å². The molecule has 2 heterocycles. The van der Waals surface area contributed by atoms with Crippen LogP contribution in [0.25, 0.3) is 0 Å². The van der Waals surface area contributed by atoms with Gasteiger partial charge in [0.15, 0.2) is 11.0 Å². The number of aromatic nitrogens is 3. The number of carbonyl (C=O) groups is 2. The summed E-state index contributed by atoms with van der Waals surface area (Å²) < 4.78 is 47.5. The van der Waals surface area contributed by atoms with Crippen molar-refractivity contribution in [2.45, 2.75) is 36.0 Å². The van der Waals surface area contributed by atoms with Crippen LogP contribution in [-0.2, 0) is 17.1 Å². The zero-order valence-electron chi connectivity index (χ0n) is 19.3. The molecule has 1 saturated heterocycles. The van der Waals surface area contributed by atoms with Gasteiger partial charge in [0, 0.05) is 18.8 Å². The molecule has 8 nitrogen and oxygen atoms in total. The van der Waals surface area contributed by atoms with Crippen LogP contribution in [0.1, 0.15) is 39.6 Å². The third kappa shape index (κ3) is 5.39. The van der Waals surface area contributed by atoms with Crippen LogP contribution in [0.5, 0.6) is 5.75 Å².